The molecule has 17 heavy (non-hydrogen) atoms. The summed E-state index contributed by atoms with van der Waals surface area (Å²) in [6.45, 7) is 2.25. The fraction of sp³-hybridized carbons (Fsp3) is 0.667. The second-order valence-corrected chi connectivity index (χ2v) is 4.46. The summed E-state index contributed by atoms with van der Waals surface area (Å²) in [5.74, 6) is 1.57. The van der Waals surface area contributed by atoms with Crippen LogP contribution in [0.3, 0.4) is 0 Å². The number of halogens is 1. The SMILES string of the molecule is ClCCOCCCNc1ncnc2c1CCC2. The Kier molecular flexibility index (Phi) is 5.01. The Labute approximate surface area is 107 Å². The molecule has 0 amide bonds. The minimum absolute atomic E-state index is 0.562. The summed E-state index contributed by atoms with van der Waals surface area (Å²) in [7, 11) is 0. The summed E-state index contributed by atoms with van der Waals surface area (Å²) in [6.07, 6.45) is 6.00. The molecule has 0 aromatic carbocycles. The summed E-state index contributed by atoms with van der Waals surface area (Å²) < 4.78 is 5.31. The van der Waals surface area contributed by atoms with Gasteiger partial charge in [-0.1, -0.05) is 0 Å². The fourth-order valence-electron chi connectivity index (χ4n) is 2.05. The van der Waals surface area contributed by atoms with Crippen LogP contribution in [0.5, 0.6) is 0 Å². The molecule has 94 valence electrons. The Morgan fingerprint density at radius 1 is 1.29 bits per heavy atom. The number of ether oxygens (including phenoxy) is 1. The molecule has 0 saturated carbocycles. The maximum absolute atomic E-state index is 5.52. The first kappa shape index (κ1) is 12.6. The summed E-state index contributed by atoms with van der Waals surface area (Å²) in [6, 6.07) is 0. The first-order chi connectivity index (χ1) is 8.42. The average molecular weight is 256 g/mol. The molecule has 1 heterocycles. The zero-order valence-electron chi connectivity index (χ0n) is 9.91. The van der Waals surface area contributed by atoms with Crippen molar-refractivity contribution in [1.82, 2.24) is 9.97 Å². The van der Waals surface area contributed by atoms with Crippen molar-refractivity contribution < 1.29 is 4.74 Å². The van der Waals surface area contributed by atoms with Gasteiger partial charge in [0.2, 0.25) is 0 Å². The molecule has 1 aromatic rings. The first-order valence-electron chi connectivity index (χ1n) is 6.12. The molecule has 5 heteroatoms. The van der Waals surface area contributed by atoms with E-state index < -0.39 is 0 Å². The number of anilines is 1. The summed E-state index contributed by atoms with van der Waals surface area (Å²) in [4.78, 5) is 8.60. The van der Waals surface area contributed by atoms with Gasteiger partial charge in [0.25, 0.3) is 0 Å². The molecule has 0 unspecified atom stereocenters. The maximum atomic E-state index is 5.52. The Bertz CT molecular complexity index is 360. The van der Waals surface area contributed by atoms with Gasteiger partial charge in [-0.3, -0.25) is 0 Å². The van der Waals surface area contributed by atoms with Gasteiger partial charge in [0.1, 0.15) is 12.1 Å². The van der Waals surface area contributed by atoms with Crippen LogP contribution in [0.25, 0.3) is 0 Å². The van der Waals surface area contributed by atoms with E-state index in [-0.39, 0.29) is 0 Å². The highest BCUT2D eigenvalue weighted by Gasteiger charge is 2.16. The molecular weight excluding hydrogens is 238 g/mol. The van der Waals surface area contributed by atoms with Crippen LogP contribution in [-0.4, -0.2) is 35.6 Å². The van der Waals surface area contributed by atoms with E-state index in [2.05, 4.69) is 15.3 Å². The van der Waals surface area contributed by atoms with E-state index in [1.165, 1.54) is 17.7 Å². The lowest BCUT2D eigenvalue weighted by Crippen LogP contribution is -2.10. The van der Waals surface area contributed by atoms with E-state index in [1.54, 1.807) is 6.33 Å². The fourth-order valence-corrected chi connectivity index (χ4v) is 2.16. The largest absolute Gasteiger partial charge is 0.380 e. The summed E-state index contributed by atoms with van der Waals surface area (Å²) >= 11 is 5.52. The van der Waals surface area contributed by atoms with Crippen molar-refractivity contribution in [1.29, 1.82) is 0 Å². The molecular formula is C12H18ClN3O. The van der Waals surface area contributed by atoms with Crippen molar-refractivity contribution in [3.63, 3.8) is 0 Å². The lowest BCUT2D eigenvalue weighted by atomic mass is 10.2. The number of nitrogens with one attached hydrogen (secondary N) is 1. The molecule has 0 aliphatic heterocycles. The molecule has 0 saturated heterocycles. The van der Waals surface area contributed by atoms with Crippen molar-refractivity contribution >= 4 is 17.4 Å². The van der Waals surface area contributed by atoms with Gasteiger partial charge in [0.15, 0.2) is 0 Å². The van der Waals surface area contributed by atoms with Crippen LogP contribution in [0.1, 0.15) is 24.1 Å². The first-order valence-corrected chi connectivity index (χ1v) is 6.65. The maximum Gasteiger partial charge on any atom is 0.132 e. The van der Waals surface area contributed by atoms with Gasteiger partial charge < -0.3 is 10.1 Å². The van der Waals surface area contributed by atoms with E-state index in [0.717, 1.165) is 38.2 Å². The van der Waals surface area contributed by atoms with Gasteiger partial charge in [-0.25, -0.2) is 9.97 Å². The smallest absolute Gasteiger partial charge is 0.132 e. The van der Waals surface area contributed by atoms with Crippen molar-refractivity contribution in [2.75, 3.05) is 31.0 Å². The highest BCUT2D eigenvalue weighted by molar-refractivity contribution is 6.17. The number of nitrogens with zero attached hydrogens (tertiary/aromatic N) is 2. The van der Waals surface area contributed by atoms with E-state index in [9.17, 15) is 0 Å². The molecule has 0 atom stereocenters. The number of fused-ring (bicyclic) bond motifs is 1. The molecule has 2 rings (SSSR count). The minimum Gasteiger partial charge on any atom is -0.380 e. The van der Waals surface area contributed by atoms with Crippen LogP contribution >= 0.6 is 11.6 Å². The Morgan fingerprint density at radius 2 is 2.24 bits per heavy atom. The monoisotopic (exact) mass is 255 g/mol. The molecule has 1 N–H and O–H groups in total. The van der Waals surface area contributed by atoms with Crippen LogP contribution in [0.15, 0.2) is 6.33 Å². The van der Waals surface area contributed by atoms with E-state index in [4.69, 9.17) is 16.3 Å². The molecule has 0 radical (unpaired) electrons. The van der Waals surface area contributed by atoms with Gasteiger partial charge >= 0.3 is 0 Å². The molecule has 0 spiro atoms. The topological polar surface area (TPSA) is 47.0 Å². The van der Waals surface area contributed by atoms with Gasteiger partial charge in [0, 0.05) is 30.3 Å². The van der Waals surface area contributed by atoms with Crippen molar-refractivity contribution in [3.05, 3.63) is 17.6 Å². The summed E-state index contributed by atoms with van der Waals surface area (Å²) in [5.41, 5.74) is 2.51. The molecule has 1 aliphatic rings. The third kappa shape index (κ3) is 3.54. The average Bonchev–Trinajstić information content (AvgIpc) is 2.82. The second-order valence-electron chi connectivity index (χ2n) is 4.08. The third-order valence-electron chi connectivity index (χ3n) is 2.85. The van der Waals surface area contributed by atoms with Crippen LogP contribution in [0.2, 0.25) is 0 Å². The number of aromatic nitrogens is 2. The molecule has 4 nitrogen and oxygen atoms in total. The molecule has 0 bridgehead atoms. The second kappa shape index (κ2) is 6.77. The zero-order valence-corrected chi connectivity index (χ0v) is 10.7. The van der Waals surface area contributed by atoms with Gasteiger partial charge in [-0.15, -0.1) is 11.6 Å². The minimum atomic E-state index is 0.562. The number of alkyl halides is 1. The van der Waals surface area contributed by atoms with Crippen LogP contribution < -0.4 is 5.32 Å². The normalized spacial score (nSPS) is 13.7. The predicted molar refractivity (Wildman–Crippen MR) is 68.7 cm³/mol. The molecule has 1 aliphatic carbocycles. The standard InChI is InChI=1S/C12H18ClN3O/c13-5-8-17-7-2-6-14-12-10-3-1-4-11(10)15-9-16-12/h9H,1-8H2,(H,14,15,16). The number of rotatable bonds is 7. The number of aryl methyl sites for hydroxylation is 1. The summed E-state index contributed by atoms with van der Waals surface area (Å²) in [5, 5.41) is 3.36. The Morgan fingerprint density at radius 3 is 3.12 bits per heavy atom. The van der Waals surface area contributed by atoms with Crippen LogP contribution in [0, 0.1) is 0 Å². The quantitative estimate of drug-likeness (QED) is 0.598. The van der Waals surface area contributed by atoms with E-state index in [0.29, 0.717) is 12.5 Å². The van der Waals surface area contributed by atoms with Gasteiger partial charge in [-0.2, -0.15) is 0 Å². The third-order valence-corrected chi connectivity index (χ3v) is 3.01. The number of hydrogen-bond donors (Lipinski definition) is 1. The van der Waals surface area contributed by atoms with Crippen molar-refractivity contribution in [3.8, 4) is 0 Å². The van der Waals surface area contributed by atoms with Gasteiger partial charge in [0.05, 0.1) is 6.61 Å². The van der Waals surface area contributed by atoms with Crippen molar-refractivity contribution in [2.24, 2.45) is 0 Å². The lowest BCUT2D eigenvalue weighted by Gasteiger charge is -2.09. The molecule has 1 aromatic heterocycles. The Hall–Kier alpha value is -0.870. The van der Waals surface area contributed by atoms with Crippen LogP contribution in [0.4, 0.5) is 5.82 Å². The highest BCUT2D eigenvalue weighted by atomic mass is 35.5. The van der Waals surface area contributed by atoms with E-state index >= 15 is 0 Å². The lowest BCUT2D eigenvalue weighted by molar-refractivity contribution is 0.149. The molecule has 0 fully saturated rings. The van der Waals surface area contributed by atoms with Crippen LogP contribution in [-0.2, 0) is 17.6 Å². The van der Waals surface area contributed by atoms with Gasteiger partial charge in [-0.05, 0) is 25.7 Å². The highest BCUT2D eigenvalue weighted by Crippen LogP contribution is 2.24. The zero-order chi connectivity index (χ0) is 11.9. The van der Waals surface area contributed by atoms with Crippen molar-refractivity contribution in [2.45, 2.75) is 25.7 Å². The predicted octanol–water partition coefficient (Wildman–Crippen LogP) is 2.02. The Balaban J connectivity index is 1.74. The van der Waals surface area contributed by atoms with E-state index in [1.807, 2.05) is 0 Å². The number of hydrogen-bond acceptors (Lipinski definition) is 4.